The molecule has 5 heteroatoms. The zero-order valence-electron chi connectivity index (χ0n) is 13.7. The van der Waals surface area contributed by atoms with Crippen LogP contribution in [-0.2, 0) is 16.1 Å². The summed E-state index contributed by atoms with van der Waals surface area (Å²) >= 11 is 0. The third kappa shape index (κ3) is 3.78. The van der Waals surface area contributed by atoms with E-state index in [9.17, 15) is 4.79 Å². The molecule has 122 valence electrons. The highest BCUT2D eigenvalue weighted by molar-refractivity contribution is 5.85. The highest BCUT2D eigenvalue weighted by Gasteiger charge is 2.41. The number of amides is 1. The van der Waals surface area contributed by atoms with Gasteiger partial charge >= 0.3 is 0 Å². The van der Waals surface area contributed by atoms with E-state index in [4.69, 9.17) is 9.47 Å². The van der Waals surface area contributed by atoms with Gasteiger partial charge in [-0.15, -0.1) is 0 Å². The molecule has 0 radical (unpaired) electrons. The first kappa shape index (κ1) is 16.8. The lowest BCUT2D eigenvalue weighted by molar-refractivity contribution is -0.157. The fraction of sp³-hybridized carbons (Fsp3) is 0.588. The van der Waals surface area contributed by atoms with Crippen LogP contribution in [0.2, 0.25) is 0 Å². The number of likely N-dealkylation sites (N-methyl/N-ethyl adjacent to an activating group) is 1. The van der Waals surface area contributed by atoms with Crippen molar-refractivity contribution in [3.05, 3.63) is 29.8 Å². The van der Waals surface area contributed by atoms with Crippen molar-refractivity contribution in [2.45, 2.75) is 31.9 Å². The molecule has 1 fully saturated rings. The highest BCUT2D eigenvalue weighted by atomic mass is 16.5. The minimum atomic E-state index is -0.675. The molecule has 5 nitrogen and oxygen atoms in total. The molecule has 1 heterocycles. The van der Waals surface area contributed by atoms with E-state index in [2.05, 4.69) is 5.32 Å². The van der Waals surface area contributed by atoms with Crippen LogP contribution in [0.15, 0.2) is 24.3 Å². The van der Waals surface area contributed by atoms with E-state index in [1.807, 2.05) is 38.2 Å². The molecule has 0 aromatic heterocycles. The third-order valence-electron chi connectivity index (χ3n) is 4.19. The second-order valence-electron chi connectivity index (χ2n) is 5.69. The van der Waals surface area contributed by atoms with E-state index < -0.39 is 5.60 Å². The summed E-state index contributed by atoms with van der Waals surface area (Å²) < 4.78 is 11.0. The van der Waals surface area contributed by atoms with Gasteiger partial charge in [0.05, 0.1) is 6.61 Å². The van der Waals surface area contributed by atoms with E-state index in [1.54, 1.807) is 12.0 Å². The first-order valence-corrected chi connectivity index (χ1v) is 7.84. The number of ether oxygens (including phenoxy) is 2. The second-order valence-corrected chi connectivity index (χ2v) is 5.69. The average molecular weight is 306 g/mol. The minimum Gasteiger partial charge on any atom is -0.494 e. The predicted octanol–water partition coefficient (Wildman–Crippen LogP) is 1.81. The summed E-state index contributed by atoms with van der Waals surface area (Å²) in [6.45, 7) is 4.82. The Morgan fingerprint density at radius 1 is 1.27 bits per heavy atom. The van der Waals surface area contributed by atoms with Crippen LogP contribution in [-0.4, -0.2) is 50.3 Å². The van der Waals surface area contributed by atoms with Gasteiger partial charge in [-0.2, -0.15) is 0 Å². The fourth-order valence-electron chi connectivity index (χ4n) is 2.89. The Morgan fingerprint density at radius 2 is 1.91 bits per heavy atom. The van der Waals surface area contributed by atoms with Crippen molar-refractivity contribution in [1.82, 2.24) is 10.2 Å². The zero-order valence-corrected chi connectivity index (χ0v) is 13.7. The number of piperidine rings is 1. The molecular weight excluding hydrogens is 280 g/mol. The molecule has 1 saturated heterocycles. The molecule has 0 atom stereocenters. The lowest BCUT2D eigenvalue weighted by atomic mass is 9.90. The molecule has 22 heavy (non-hydrogen) atoms. The number of rotatable bonds is 6. The largest absolute Gasteiger partial charge is 0.494 e. The highest BCUT2D eigenvalue weighted by Crippen LogP contribution is 2.25. The molecule has 1 aromatic rings. The summed E-state index contributed by atoms with van der Waals surface area (Å²) in [6.07, 6.45) is 1.44. The predicted molar refractivity (Wildman–Crippen MR) is 85.9 cm³/mol. The van der Waals surface area contributed by atoms with Gasteiger partial charge in [-0.3, -0.25) is 4.79 Å². The maximum atomic E-state index is 12.8. The number of nitrogens with one attached hydrogen (secondary N) is 1. The summed E-state index contributed by atoms with van der Waals surface area (Å²) in [4.78, 5) is 14.5. The molecule has 0 bridgehead atoms. The van der Waals surface area contributed by atoms with Gasteiger partial charge in [0.1, 0.15) is 11.4 Å². The van der Waals surface area contributed by atoms with Crippen LogP contribution in [0.5, 0.6) is 5.75 Å². The van der Waals surface area contributed by atoms with Gasteiger partial charge in [0, 0.05) is 20.7 Å². The van der Waals surface area contributed by atoms with Crippen LogP contribution < -0.4 is 10.1 Å². The van der Waals surface area contributed by atoms with E-state index in [1.165, 1.54) is 0 Å². The van der Waals surface area contributed by atoms with Crippen molar-refractivity contribution in [3.8, 4) is 5.75 Å². The van der Waals surface area contributed by atoms with Crippen molar-refractivity contribution in [1.29, 1.82) is 0 Å². The lowest BCUT2D eigenvalue weighted by Gasteiger charge is -2.37. The molecule has 1 aromatic carbocycles. The van der Waals surface area contributed by atoms with Gasteiger partial charge in [0.2, 0.25) is 0 Å². The van der Waals surface area contributed by atoms with Crippen LogP contribution in [0.25, 0.3) is 0 Å². The summed E-state index contributed by atoms with van der Waals surface area (Å²) in [5.41, 5.74) is 0.408. The summed E-state index contributed by atoms with van der Waals surface area (Å²) in [7, 11) is 3.47. The van der Waals surface area contributed by atoms with E-state index >= 15 is 0 Å². The Bertz CT molecular complexity index is 481. The maximum Gasteiger partial charge on any atom is 0.254 e. The van der Waals surface area contributed by atoms with Crippen LogP contribution in [0.4, 0.5) is 0 Å². The van der Waals surface area contributed by atoms with Crippen LogP contribution in [0, 0.1) is 0 Å². The molecule has 0 saturated carbocycles. The van der Waals surface area contributed by atoms with E-state index in [0.29, 0.717) is 13.2 Å². The number of carbonyl (C=O) groups is 1. The van der Waals surface area contributed by atoms with Crippen LogP contribution >= 0.6 is 0 Å². The van der Waals surface area contributed by atoms with Crippen LogP contribution in [0.1, 0.15) is 25.3 Å². The number of carbonyl (C=O) groups excluding carboxylic acids is 1. The van der Waals surface area contributed by atoms with Gasteiger partial charge < -0.3 is 19.7 Å². The Labute approximate surface area is 132 Å². The van der Waals surface area contributed by atoms with Gasteiger partial charge in [-0.25, -0.2) is 0 Å². The summed E-state index contributed by atoms with van der Waals surface area (Å²) in [6, 6.07) is 7.87. The molecule has 0 aliphatic carbocycles. The molecule has 1 aliphatic rings. The number of hydrogen-bond donors (Lipinski definition) is 1. The van der Waals surface area contributed by atoms with Gasteiger partial charge in [0.15, 0.2) is 0 Å². The normalized spacial score (nSPS) is 17.0. The molecule has 0 spiro atoms. The number of methoxy groups -OCH3 is 1. The Kier molecular flexibility index (Phi) is 5.80. The van der Waals surface area contributed by atoms with Crippen molar-refractivity contribution < 1.29 is 14.3 Å². The van der Waals surface area contributed by atoms with Crippen molar-refractivity contribution in [2.24, 2.45) is 0 Å². The quantitative estimate of drug-likeness (QED) is 0.871. The lowest BCUT2D eigenvalue weighted by Crippen LogP contribution is -2.54. The Hall–Kier alpha value is -1.59. The molecule has 1 aliphatic heterocycles. The van der Waals surface area contributed by atoms with Crippen molar-refractivity contribution in [2.75, 3.05) is 33.9 Å². The minimum absolute atomic E-state index is 0.0605. The van der Waals surface area contributed by atoms with E-state index in [-0.39, 0.29) is 5.91 Å². The molecular formula is C17H26N2O3. The molecule has 1 amide bonds. The first-order chi connectivity index (χ1) is 10.6. The fourth-order valence-corrected chi connectivity index (χ4v) is 2.89. The summed E-state index contributed by atoms with van der Waals surface area (Å²) in [5, 5.41) is 3.27. The molecule has 1 N–H and O–H groups in total. The monoisotopic (exact) mass is 306 g/mol. The summed E-state index contributed by atoms with van der Waals surface area (Å²) in [5.74, 6) is 0.914. The SMILES string of the molecule is CCOc1ccc(CN(C)C(=O)C2(OC)CCNCC2)cc1. The van der Waals surface area contributed by atoms with Crippen molar-refractivity contribution >= 4 is 5.91 Å². The van der Waals surface area contributed by atoms with Crippen molar-refractivity contribution in [3.63, 3.8) is 0 Å². The number of nitrogens with zero attached hydrogens (tertiary/aromatic N) is 1. The maximum absolute atomic E-state index is 12.8. The van der Waals surface area contributed by atoms with Crippen LogP contribution in [0.3, 0.4) is 0 Å². The third-order valence-corrected chi connectivity index (χ3v) is 4.19. The standard InChI is InChI=1S/C17H26N2O3/c1-4-22-15-7-5-14(6-8-15)13-19(2)16(20)17(21-3)9-11-18-12-10-17/h5-8,18H,4,9-13H2,1-3H3. The van der Waals surface area contributed by atoms with Gasteiger partial charge in [-0.05, 0) is 50.6 Å². The Morgan fingerprint density at radius 3 is 2.45 bits per heavy atom. The molecule has 0 unspecified atom stereocenters. The van der Waals surface area contributed by atoms with Gasteiger partial charge in [-0.1, -0.05) is 12.1 Å². The number of hydrogen-bond acceptors (Lipinski definition) is 4. The van der Waals surface area contributed by atoms with Gasteiger partial charge in [0.25, 0.3) is 5.91 Å². The second kappa shape index (κ2) is 7.61. The zero-order chi connectivity index (χ0) is 16.0. The first-order valence-electron chi connectivity index (χ1n) is 7.84. The molecule has 2 rings (SSSR count). The smallest absolute Gasteiger partial charge is 0.254 e. The van der Waals surface area contributed by atoms with E-state index in [0.717, 1.165) is 37.2 Å². The topological polar surface area (TPSA) is 50.8 Å². The average Bonchev–Trinajstić information content (AvgIpc) is 2.56. The Balaban J connectivity index is 2.00. The number of benzene rings is 1.